The molecule has 4 rings (SSSR count). The molecule has 0 spiro atoms. The summed E-state index contributed by atoms with van der Waals surface area (Å²) in [5.74, 6) is 0. The van der Waals surface area contributed by atoms with Gasteiger partial charge in [0.25, 0.3) is 0 Å². The van der Waals surface area contributed by atoms with Crippen LogP contribution in [-0.4, -0.2) is 41.1 Å². The monoisotopic (exact) mass is 492 g/mol. The van der Waals surface area contributed by atoms with E-state index in [1.54, 1.807) is 24.3 Å². The van der Waals surface area contributed by atoms with Gasteiger partial charge in [-0.15, -0.1) is 0 Å². The van der Waals surface area contributed by atoms with Gasteiger partial charge in [-0.3, -0.25) is 0 Å². The lowest BCUT2D eigenvalue weighted by Crippen LogP contribution is -2.19. The van der Waals surface area contributed by atoms with Crippen molar-refractivity contribution in [3.63, 3.8) is 0 Å². The second-order valence-electron chi connectivity index (χ2n) is 7.76. The summed E-state index contributed by atoms with van der Waals surface area (Å²) in [4.78, 5) is 4.27. The highest BCUT2D eigenvalue weighted by molar-refractivity contribution is 7.94. The number of ether oxygens (including phenoxy) is 1. The van der Waals surface area contributed by atoms with Gasteiger partial charge in [0, 0.05) is 13.2 Å². The molecule has 0 saturated carbocycles. The van der Waals surface area contributed by atoms with Crippen LogP contribution in [0, 0.1) is 13.8 Å². The van der Waals surface area contributed by atoms with Gasteiger partial charge in [0.05, 0.1) is 15.9 Å². The molecule has 170 valence electrons. The van der Waals surface area contributed by atoms with E-state index in [4.69, 9.17) is 4.74 Å². The van der Waals surface area contributed by atoms with Crippen LogP contribution >= 0.6 is 11.3 Å². The number of nitrogens with zero attached hydrogens (tertiary/aromatic N) is 1. The van der Waals surface area contributed by atoms with Crippen LogP contribution in [0.5, 0.6) is 0 Å². The zero-order valence-corrected chi connectivity index (χ0v) is 20.2. The molecule has 1 saturated heterocycles. The molecular weight excluding hydrogens is 468 g/mol. The Kier molecular flexibility index (Phi) is 6.39. The summed E-state index contributed by atoms with van der Waals surface area (Å²) in [5.41, 5.74) is 1.84. The Hall–Kier alpha value is -2.27. The minimum absolute atomic E-state index is 0.0517. The Morgan fingerprint density at radius 2 is 1.50 bits per heavy atom. The predicted octanol–water partition coefficient (Wildman–Crippen LogP) is 4.02. The van der Waals surface area contributed by atoms with Gasteiger partial charge in [0.1, 0.15) is 5.00 Å². The third-order valence-corrected chi connectivity index (χ3v) is 10.2. The van der Waals surface area contributed by atoms with Crippen molar-refractivity contribution < 1.29 is 21.6 Å². The maximum Gasteiger partial charge on any atom is 0.233 e. The summed E-state index contributed by atoms with van der Waals surface area (Å²) in [6, 6.07) is 12.8. The fraction of sp³-hybridized carbons (Fsp3) is 0.318. The molecule has 0 radical (unpaired) electrons. The molecule has 1 fully saturated rings. The first kappa shape index (κ1) is 22.9. The standard InChI is InChI=1S/C22H24N2O5S3/c1-15-5-9-18(10-6-15)31(25,26)21-20(23-14-17-4-3-13-29-17)30-22(24-21)32(27,28)19-11-7-16(2)8-12-19/h5-12,17,23H,3-4,13-14H2,1-2H3/t17-/m1/s1. The van der Waals surface area contributed by atoms with Gasteiger partial charge < -0.3 is 10.1 Å². The number of hydrogen-bond donors (Lipinski definition) is 1. The Labute approximate surface area is 192 Å². The number of thiazole rings is 1. The van der Waals surface area contributed by atoms with E-state index in [2.05, 4.69) is 10.3 Å². The van der Waals surface area contributed by atoms with Crippen LogP contribution in [0.15, 0.2) is 67.7 Å². The number of rotatable bonds is 7. The van der Waals surface area contributed by atoms with E-state index in [1.807, 2.05) is 13.8 Å². The lowest BCUT2D eigenvalue weighted by atomic mass is 10.2. The summed E-state index contributed by atoms with van der Waals surface area (Å²) in [7, 11) is -8.00. The van der Waals surface area contributed by atoms with Crippen LogP contribution in [0.4, 0.5) is 5.00 Å². The number of hydrogen-bond acceptors (Lipinski definition) is 8. The second-order valence-corrected chi connectivity index (χ2v) is 12.8. The molecule has 1 aromatic heterocycles. The van der Waals surface area contributed by atoms with Crippen LogP contribution in [0.3, 0.4) is 0 Å². The Balaban J connectivity index is 1.77. The largest absolute Gasteiger partial charge is 0.376 e. The van der Waals surface area contributed by atoms with Crippen LogP contribution in [-0.2, 0) is 24.4 Å². The molecule has 0 amide bonds. The van der Waals surface area contributed by atoms with Gasteiger partial charge in [0.15, 0.2) is 5.03 Å². The number of aromatic nitrogens is 1. The molecule has 1 N–H and O–H groups in total. The highest BCUT2D eigenvalue weighted by Crippen LogP contribution is 2.37. The Morgan fingerprint density at radius 3 is 2.03 bits per heavy atom. The molecule has 3 aromatic rings. The van der Waals surface area contributed by atoms with Crippen molar-refractivity contribution >= 4 is 36.0 Å². The van der Waals surface area contributed by atoms with Gasteiger partial charge in [-0.25, -0.2) is 21.8 Å². The van der Waals surface area contributed by atoms with E-state index in [1.165, 1.54) is 24.3 Å². The molecule has 2 heterocycles. The number of anilines is 1. The maximum absolute atomic E-state index is 13.4. The average molecular weight is 493 g/mol. The van der Waals surface area contributed by atoms with Crippen molar-refractivity contribution in [2.75, 3.05) is 18.5 Å². The fourth-order valence-corrected chi connectivity index (χ4v) is 7.66. The van der Waals surface area contributed by atoms with Crippen LogP contribution in [0.1, 0.15) is 24.0 Å². The normalized spacial score (nSPS) is 16.9. The first-order valence-electron chi connectivity index (χ1n) is 10.2. The third kappa shape index (κ3) is 4.59. The highest BCUT2D eigenvalue weighted by Gasteiger charge is 2.32. The highest BCUT2D eigenvalue weighted by atomic mass is 32.2. The van der Waals surface area contributed by atoms with Gasteiger partial charge in [-0.1, -0.05) is 46.7 Å². The van der Waals surface area contributed by atoms with E-state index >= 15 is 0 Å². The summed E-state index contributed by atoms with van der Waals surface area (Å²) >= 11 is 0.829. The lowest BCUT2D eigenvalue weighted by molar-refractivity contribution is 0.120. The van der Waals surface area contributed by atoms with Gasteiger partial charge in [-0.05, 0) is 51.0 Å². The first-order chi connectivity index (χ1) is 15.2. The number of aryl methyl sites for hydroxylation is 2. The molecule has 2 aromatic carbocycles. The second kappa shape index (κ2) is 8.93. The smallest absolute Gasteiger partial charge is 0.233 e. The minimum atomic E-state index is -4.03. The molecule has 0 aliphatic carbocycles. The van der Waals surface area contributed by atoms with Crippen molar-refractivity contribution in [1.82, 2.24) is 4.98 Å². The van der Waals surface area contributed by atoms with E-state index in [0.717, 1.165) is 35.3 Å². The molecule has 0 bridgehead atoms. The molecule has 1 aliphatic rings. The van der Waals surface area contributed by atoms with Crippen molar-refractivity contribution in [1.29, 1.82) is 0 Å². The third-order valence-electron chi connectivity index (χ3n) is 5.24. The summed E-state index contributed by atoms with van der Waals surface area (Å²) in [5, 5.41) is 3.00. The van der Waals surface area contributed by atoms with Crippen molar-refractivity contribution in [2.45, 2.75) is 51.9 Å². The molecule has 10 heteroatoms. The molecular formula is C22H24N2O5S3. The Bertz CT molecular complexity index is 1310. The quantitative estimate of drug-likeness (QED) is 0.531. The van der Waals surface area contributed by atoms with Gasteiger partial charge >= 0.3 is 0 Å². The zero-order valence-electron chi connectivity index (χ0n) is 17.7. The molecule has 7 nitrogen and oxygen atoms in total. The maximum atomic E-state index is 13.4. The van der Waals surface area contributed by atoms with Gasteiger partial charge in [-0.2, -0.15) is 0 Å². The van der Waals surface area contributed by atoms with E-state index in [9.17, 15) is 16.8 Å². The summed E-state index contributed by atoms with van der Waals surface area (Å²) < 4.78 is 58.4. The fourth-order valence-electron chi connectivity index (χ4n) is 3.36. The molecule has 0 unspecified atom stereocenters. The van der Waals surface area contributed by atoms with Crippen molar-refractivity contribution in [3.05, 3.63) is 59.7 Å². The van der Waals surface area contributed by atoms with E-state index in [-0.39, 0.29) is 30.3 Å². The number of benzene rings is 2. The SMILES string of the molecule is Cc1ccc(S(=O)(=O)c2nc(S(=O)(=O)c3ccc(C)cc3)c(NC[C@H]3CCCO3)s2)cc1. The van der Waals surface area contributed by atoms with Crippen LogP contribution < -0.4 is 5.32 Å². The average Bonchev–Trinajstić information content (AvgIpc) is 3.43. The van der Waals surface area contributed by atoms with Crippen molar-refractivity contribution in [3.8, 4) is 0 Å². The minimum Gasteiger partial charge on any atom is -0.376 e. The zero-order chi connectivity index (χ0) is 22.9. The number of nitrogens with one attached hydrogen (secondary N) is 1. The molecule has 1 aliphatic heterocycles. The van der Waals surface area contributed by atoms with Crippen LogP contribution in [0.2, 0.25) is 0 Å². The van der Waals surface area contributed by atoms with Crippen molar-refractivity contribution in [2.24, 2.45) is 0 Å². The summed E-state index contributed by atoms with van der Waals surface area (Å²) in [6.07, 6.45) is 1.75. The predicted molar refractivity (Wildman–Crippen MR) is 123 cm³/mol. The topological polar surface area (TPSA) is 102 Å². The lowest BCUT2D eigenvalue weighted by Gasteiger charge is -2.11. The molecule has 1 atom stereocenters. The van der Waals surface area contributed by atoms with E-state index < -0.39 is 19.7 Å². The van der Waals surface area contributed by atoms with Gasteiger partial charge in [0.2, 0.25) is 24.0 Å². The molecule has 32 heavy (non-hydrogen) atoms. The Morgan fingerprint density at radius 1 is 0.938 bits per heavy atom. The summed E-state index contributed by atoms with van der Waals surface area (Å²) in [6.45, 7) is 4.76. The van der Waals surface area contributed by atoms with Crippen LogP contribution in [0.25, 0.3) is 0 Å². The first-order valence-corrected chi connectivity index (χ1v) is 14.0. The van der Waals surface area contributed by atoms with E-state index in [0.29, 0.717) is 13.2 Å². The number of sulfone groups is 2.